The minimum absolute atomic E-state index is 0. The third kappa shape index (κ3) is 10.2. The monoisotopic (exact) mass is 541 g/mol. The van der Waals surface area contributed by atoms with E-state index < -0.39 is 25.5 Å². The maximum atomic E-state index is 12.4. The molecule has 0 saturated carbocycles. The van der Waals surface area contributed by atoms with Crippen LogP contribution in [0.15, 0.2) is 23.3 Å². The second kappa shape index (κ2) is 11.0. The maximum Gasteiger partial charge on any atom is 0.422 e. The number of likely N-dealkylation sites (tertiary alicyclic amines) is 1. The van der Waals surface area contributed by atoms with Crippen LogP contribution < -0.4 is 15.4 Å². The molecule has 1 aromatic rings. The van der Waals surface area contributed by atoms with Crippen LogP contribution in [0.2, 0.25) is 0 Å². The molecule has 1 saturated heterocycles. The number of pyridine rings is 1. The Morgan fingerprint density at radius 3 is 2.62 bits per heavy atom. The van der Waals surface area contributed by atoms with Crippen molar-refractivity contribution in [2.45, 2.75) is 31.4 Å². The molecule has 1 fully saturated rings. The van der Waals surface area contributed by atoms with Gasteiger partial charge in [0.05, 0.1) is 6.54 Å². The van der Waals surface area contributed by atoms with E-state index in [1.807, 2.05) is 0 Å². The highest BCUT2D eigenvalue weighted by Gasteiger charge is 2.34. The van der Waals surface area contributed by atoms with Gasteiger partial charge in [-0.1, -0.05) is 0 Å². The Morgan fingerprint density at radius 1 is 1.28 bits per heavy atom. The van der Waals surface area contributed by atoms with Gasteiger partial charge in [-0.3, -0.25) is 9.89 Å². The van der Waals surface area contributed by atoms with Crippen LogP contribution in [0, 0.1) is 0 Å². The molecule has 2 N–H and O–H groups in total. The summed E-state index contributed by atoms with van der Waals surface area (Å²) in [5, 5.41) is 6.01. The number of guanidine groups is 1. The van der Waals surface area contributed by atoms with Gasteiger partial charge in [0.1, 0.15) is 0 Å². The Bertz CT molecular complexity index is 670. The Morgan fingerprint density at radius 2 is 2.00 bits per heavy atom. The van der Waals surface area contributed by atoms with Crippen molar-refractivity contribution in [3.8, 4) is 5.88 Å². The zero-order chi connectivity index (χ0) is 20.8. The molecule has 1 atom stereocenters. The standard InChI is InChI=1S/C16H21F6N5O.HI/c1-23-14(26-12-3-5-27(8-12)9-15(17,18)19)25-7-11-2-4-24-13(6-11)28-10-16(20,21)22;/h2,4,6,12H,3,5,7-10H2,1H3,(H2,23,25,26);1H. The first-order valence-electron chi connectivity index (χ1n) is 8.45. The lowest BCUT2D eigenvalue weighted by Gasteiger charge is -2.20. The number of rotatable bonds is 6. The molecule has 0 amide bonds. The largest absolute Gasteiger partial charge is 0.468 e. The number of hydrogen-bond acceptors (Lipinski definition) is 4. The van der Waals surface area contributed by atoms with Crippen LogP contribution in [0.3, 0.4) is 0 Å². The van der Waals surface area contributed by atoms with Gasteiger partial charge >= 0.3 is 12.4 Å². The second-order valence-electron chi connectivity index (χ2n) is 6.31. The molecule has 0 radical (unpaired) electrons. The Balaban J connectivity index is 0.00000420. The summed E-state index contributed by atoms with van der Waals surface area (Å²) >= 11 is 0. The first kappa shape index (κ1) is 25.5. The van der Waals surface area contributed by atoms with Gasteiger partial charge in [0.15, 0.2) is 12.6 Å². The van der Waals surface area contributed by atoms with E-state index in [1.54, 1.807) is 6.07 Å². The van der Waals surface area contributed by atoms with E-state index in [9.17, 15) is 26.3 Å². The fourth-order valence-corrected chi connectivity index (χ4v) is 2.72. The number of aliphatic imine (C=N–C) groups is 1. The van der Waals surface area contributed by atoms with Crippen molar-refractivity contribution in [3.63, 3.8) is 0 Å². The van der Waals surface area contributed by atoms with E-state index in [2.05, 4.69) is 25.3 Å². The lowest BCUT2D eigenvalue weighted by molar-refractivity contribution is -0.154. The van der Waals surface area contributed by atoms with Crippen molar-refractivity contribution >= 4 is 29.9 Å². The number of nitrogens with zero attached hydrogens (tertiary/aromatic N) is 3. The molecule has 1 unspecified atom stereocenters. The topological polar surface area (TPSA) is 61.8 Å². The normalized spacial score (nSPS) is 18.3. The predicted molar refractivity (Wildman–Crippen MR) is 105 cm³/mol. The molecular formula is C16H22F6IN5O. The van der Waals surface area contributed by atoms with Crippen LogP contribution in [0.4, 0.5) is 26.3 Å². The van der Waals surface area contributed by atoms with Crippen LogP contribution in [0.5, 0.6) is 5.88 Å². The zero-order valence-electron chi connectivity index (χ0n) is 15.5. The molecule has 0 aromatic carbocycles. The minimum Gasteiger partial charge on any atom is -0.468 e. The van der Waals surface area contributed by atoms with Crippen molar-refractivity contribution in [1.82, 2.24) is 20.5 Å². The maximum absolute atomic E-state index is 12.4. The number of aromatic nitrogens is 1. The molecular weight excluding hydrogens is 519 g/mol. The van der Waals surface area contributed by atoms with E-state index >= 15 is 0 Å². The van der Waals surface area contributed by atoms with Crippen molar-refractivity contribution in [2.24, 2.45) is 4.99 Å². The van der Waals surface area contributed by atoms with E-state index in [0.717, 1.165) is 0 Å². The summed E-state index contributed by atoms with van der Waals surface area (Å²) in [5.74, 6) is 0.228. The average molecular weight is 541 g/mol. The van der Waals surface area contributed by atoms with Crippen LogP contribution in [-0.2, 0) is 6.54 Å². The Labute approximate surface area is 181 Å². The predicted octanol–water partition coefficient (Wildman–Crippen LogP) is 2.94. The van der Waals surface area contributed by atoms with Crippen LogP contribution in [0.1, 0.15) is 12.0 Å². The number of nitrogens with one attached hydrogen (secondary N) is 2. The Kier molecular flexibility index (Phi) is 9.71. The molecule has 0 aliphatic carbocycles. The van der Waals surface area contributed by atoms with Gasteiger partial charge in [-0.2, -0.15) is 26.3 Å². The summed E-state index contributed by atoms with van der Waals surface area (Å²) < 4.78 is 78.5. The number of ether oxygens (including phenoxy) is 1. The van der Waals surface area contributed by atoms with E-state index in [-0.39, 0.29) is 49.0 Å². The molecule has 0 bridgehead atoms. The van der Waals surface area contributed by atoms with E-state index in [0.29, 0.717) is 24.5 Å². The van der Waals surface area contributed by atoms with E-state index in [4.69, 9.17) is 0 Å². The average Bonchev–Trinajstić information content (AvgIpc) is 3.01. The fourth-order valence-electron chi connectivity index (χ4n) is 2.72. The highest BCUT2D eigenvalue weighted by molar-refractivity contribution is 14.0. The van der Waals surface area contributed by atoms with Crippen LogP contribution in [-0.4, -0.2) is 67.5 Å². The molecule has 166 valence electrons. The number of halogens is 7. The van der Waals surface area contributed by atoms with Gasteiger partial charge in [0.25, 0.3) is 0 Å². The van der Waals surface area contributed by atoms with Crippen molar-refractivity contribution in [1.29, 1.82) is 0 Å². The van der Waals surface area contributed by atoms with Gasteiger partial charge in [-0.25, -0.2) is 4.98 Å². The summed E-state index contributed by atoms with van der Waals surface area (Å²) in [5.41, 5.74) is 0.611. The van der Waals surface area contributed by atoms with Crippen molar-refractivity contribution in [3.05, 3.63) is 23.9 Å². The van der Waals surface area contributed by atoms with Crippen LogP contribution in [0.25, 0.3) is 0 Å². The summed E-state index contributed by atoms with van der Waals surface area (Å²) in [6, 6.07) is 2.78. The highest BCUT2D eigenvalue weighted by atomic mass is 127. The second-order valence-corrected chi connectivity index (χ2v) is 6.31. The van der Waals surface area contributed by atoms with E-state index in [1.165, 1.54) is 24.2 Å². The lowest BCUT2D eigenvalue weighted by atomic mass is 10.2. The minimum atomic E-state index is -4.46. The number of alkyl halides is 6. The summed E-state index contributed by atoms with van der Waals surface area (Å²) in [6.45, 7) is -1.59. The summed E-state index contributed by atoms with van der Waals surface area (Å²) in [7, 11) is 1.52. The Hall–Kier alpha value is -1.51. The van der Waals surface area contributed by atoms with Gasteiger partial charge in [0, 0.05) is 45.0 Å². The highest BCUT2D eigenvalue weighted by Crippen LogP contribution is 2.20. The molecule has 1 aliphatic heterocycles. The molecule has 2 heterocycles. The molecule has 29 heavy (non-hydrogen) atoms. The summed E-state index contributed by atoms with van der Waals surface area (Å²) in [4.78, 5) is 9.05. The molecule has 2 rings (SSSR count). The molecule has 13 heteroatoms. The van der Waals surface area contributed by atoms with Gasteiger partial charge in [0.2, 0.25) is 5.88 Å². The van der Waals surface area contributed by atoms with Gasteiger partial charge in [-0.15, -0.1) is 24.0 Å². The zero-order valence-corrected chi connectivity index (χ0v) is 17.8. The van der Waals surface area contributed by atoms with Crippen molar-refractivity contribution in [2.75, 3.05) is 33.3 Å². The van der Waals surface area contributed by atoms with Crippen molar-refractivity contribution < 1.29 is 31.1 Å². The lowest BCUT2D eigenvalue weighted by Crippen LogP contribution is -2.44. The first-order valence-corrected chi connectivity index (χ1v) is 8.45. The molecule has 6 nitrogen and oxygen atoms in total. The van der Waals surface area contributed by atoms with Gasteiger partial charge in [-0.05, 0) is 18.1 Å². The first-order chi connectivity index (χ1) is 13.0. The van der Waals surface area contributed by atoms with Gasteiger partial charge < -0.3 is 15.4 Å². The molecule has 1 aliphatic rings. The molecule has 1 aromatic heterocycles. The quantitative estimate of drug-likeness (QED) is 0.251. The van der Waals surface area contributed by atoms with Crippen LogP contribution >= 0.6 is 24.0 Å². The molecule has 0 spiro atoms. The number of hydrogen-bond donors (Lipinski definition) is 2. The summed E-state index contributed by atoms with van der Waals surface area (Å²) in [6.07, 6.45) is -6.82. The SMILES string of the molecule is CN=C(NCc1ccnc(OCC(F)(F)F)c1)NC1CCN(CC(F)(F)F)C1.I. The third-order valence-corrected chi connectivity index (χ3v) is 3.88. The fraction of sp³-hybridized carbons (Fsp3) is 0.625. The smallest absolute Gasteiger partial charge is 0.422 e. The third-order valence-electron chi connectivity index (χ3n) is 3.88.